The Balaban J connectivity index is 1.80. The Labute approximate surface area is 198 Å². The summed E-state index contributed by atoms with van der Waals surface area (Å²) in [6.07, 6.45) is 1.11. The molecule has 3 aromatic rings. The van der Waals surface area contributed by atoms with E-state index < -0.39 is 17.5 Å². The van der Waals surface area contributed by atoms with Crippen molar-refractivity contribution in [1.82, 2.24) is 10.3 Å². The van der Waals surface area contributed by atoms with E-state index in [1.807, 2.05) is 0 Å². The standard InChI is InChI=1S/C24H18ClF2N5O2/c25-23-15-11-29-7-1-2-18-20(5-6-22(33)30-18)32-12-31(19(15)4-3-16(23)26)21-8-13(10-28)17(27)9-14(21)24(32)34/h3-6,8-9,29H,1-2,7,11-12H2,(H,30,33). The lowest BCUT2D eigenvalue weighted by molar-refractivity contribution is 0.0982. The summed E-state index contributed by atoms with van der Waals surface area (Å²) in [5.41, 5.74) is 1.90. The second-order valence-electron chi connectivity index (χ2n) is 8.09. The zero-order valence-electron chi connectivity index (χ0n) is 17.8. The van der Waals surface area contributed by atoms with Gasteiger partial charge in [-0.05, 0) is 49.7 Å². The number of benzene rings is 2. The Morgan fingerprint density at radius 2 is 1.79 bits per heavy atom. The maximum absolute atomic E-state index is 14.6. The fraction of sp³-hybridized carbons (Fsp3) is 0.208. The molecule has 0 atom stereocenters. The molecule has 7 nitrogen and oxygen atoms in total. The Morgan fingerprint density at radius 1 is 1.00 bits per heavy atom. The Hall–Kier alpha value is -3.74. The number of fused-ring (bicyclic) bond motifs is 8. The van der Waals surface area contributed by atoms with Crippen molar-refractivity contribution in [3.05, 3.63) is 85.8 Å². The Morgan fingerprint density at radius 3 is 2.59 bits per heavy atom. The van der Waals surface area contributed by atoms with Crippen molar-refractivity contribution in [3.63, 3.8) is 0 Å². The minimum atomic E-state index is -0.821. The lowest BCUT2D eigenvalue weighted by Gasteiger charge is -2.40. The van der Waals surface area contributed by atoms with Gasteiger partial charge in [0.05, 0.1) is 27.5 Å². The molecule has 0 saturated carbocycles. The maximum atomic E-state index is 14.6. The summed E-state index contributed by atoms with van der Waals surface area (Å²) < 4.78 is 29.0. The fourth-order valence-corrected chi connectivity index (χ4v) is 4.65. The van der Waals surface area contributed by atoms with E-state index in [0.29, 0.717) is 47.7 Å². The molecule has 3 heterocycles. The van der Waals surface area contributed by atoms with Gasteiger partial charge in [0.25, 0.3) is 5.91 Å². The number of pyridine rings is 1. The molecular formula is C24H18ClF2N5O2. The molecule has 172 valence electrons. The number of carbonyl (C=O) groups is 1. The first-order valence-electron chi connectivity index (χ1n) is 10.6. The third-order valence-corrected chi connectivity index (χ3v) is 6.47. The van der Waals surface area contributed by atoms with Crippen LogP contribution in [0.15, 0.2) is 41.2 Å². The van der Waals surface area contributed by atoms with Crippen molar-refractivity contribution in [3.8, 4) is 6.07 Å². The van der Waals surface area contributed by atoms with Crippen LogP contribution < -0.4 is 20.7 Å². The van der Waals surface area contributed by atoms with Crippen LogP contribution in [0, 0.1) is 23.0 Å². The Bertz CT molecular complexity index is 1430. The van der Waals surface area contributed by atoms with Gasteiger partial charge in [0.15, 0.2) is 0 Å². The van der Waals surface area contributed by atoms with Gasteiger partial charge in [-0.15, -0.1) is 0 Å². The number of aryl methyl sites for hydroxylation is 1. The number of H-pyrrole nitrogens is 1. The number of nitrogens with zero attached hydrogens (tertiary/aromatic N) is 3. The molecule has 1 aromatic heterocycles. The van der Waals surface area contributed by atoms with Gasteiger partial charge in [-0.1, -0.05) is 11.6 Å². The first-order valence-corrected chi connectivity index (χ1v) is 11.0. The van der Waals surface area contributed by atoms with Crippen molar-refractivity contribution in [2.24, 2.45) is 0 Å². The number of aromatic nitrogens is 1. The minimum Gasteiger partial charge on any atom is -0.324 e. The summed E-state index contributed by atoms with van der Waals surface area (Å²) in [4.78, 5) is 31.5. The number of hydrogen-bond acceptors (Lipinski definition) is 5. The second kappa shape index (κ2) is 8.56. The number of nitriles is 1. The zero-order chi connectivity index (χ0) is 24.0. The highest BCUT2D eigenvalue weighted by Gasteiger charge is 2.35. The number of aromatic amines is 1. The molecule has 34 heavy (non-hydrogen) atoms. The van der Waals surface area contributed by atoms with E-state index in [0.717, 1.165) is 6.07 Å². The van der Waals surface area contributed by atoms with Gasteiger partial charge < -0.3 is 15.2 Å². The number of amides is 1. The van der Waals surface area contributed by atoms with Crippen LogP contribution in [0.5, 0.6) is 0 Å². The van der Waals surface area contributed by atoms with Crippen LogP contribution in [0.1, 0.15) is 33.6 Å². The smallest absolute Gasteiger partial charge is 0.262 e. The second-order valence-corrected chi connectivity index (χ2v) is 8.47. The molecule has 0 aliphatic carbocycles. The molecule has 2 aromatic carbocycles. The number of carbonyl (C=O) groups excluding carboxylic acids is 1. The van der Waals surface area contributed by atoms with Gasteiger partial charge in [-0.25, -0.2) is 8.78 Å². The highest BCUT2D eigenvalue weighted by Crippen LogP contribution is 2.41. The molecule has 10 heteroatoms. The first-order chi connectivity index (χ1) is 16.4. The third kappa shape index (κ3) is 3.61. The van der Waals surface area contributed by atoms with E-state index in [9.17, 15) is 23.6 Å². The van der Waals surface area contributed by atoms with E-state index in [4.69, 9.17) is 11.6 Å². The highest BCUT2D eigenvalue weighted by atomic mass is 35.5. The van der Waals surface area contributed by atoms with Crippen molar-refractivity contribution >= 4 is 34.6 Å². The minimum absolute atomic E-state index is 0.0175. The SMILES string of the molecule is N#Cc1cc2c(cc1F)C(=O)N1CN2c2ccc(F)c(Cl)c2CNCCCc2[nH]c(=O)ccc21. The zero-order valence-corrected chi connectivity index (χ0v) is 18.5. The van der Waals surface area contributed by atoms with Gasteiger partial charge in [0.2, 0.25) is 5.56 Å². The first kappa shape index (κ1) is 22.1. The van der Waals surface area contributed by atoms with Crippen LogP contribution in [-0.4, -0.2) is 24.1 Å². The lowest BCUT2D eigenvalue weighted by Crippen LogP contribution is -2.46. The maximum Gasteiger partial charge on any atom is 0.262 e. The molecule has 2 bridgehead atoms. The predicted molar refractivity (Wildman–Crippen MR) is 123 cm³/mol. The average molecular weight is 482 g/mol. The summed E-state index contributed by atoms with van der Waals surface area (Å²) in [7, 11) is 0. The monoisotopic (exact) mass is 481 g/mol. The van der Waals surface area contributed by atoms with Gasteiger partial charge in [-0.3, -0.25) is 14.5 Å². The van der Waals surface area contributed by atoms with Crippen LogP contribution in [0.3, 0.4) is 0 Å². The summed E-state index contributed by atoms with van der Waals surface area (Å²) >= 11 is 6.34. The Kier molecular flexibility index (Phi) is 5.55. The van der Waals surface area contributed by atoms with Crippen molar-refractivity contribution in [2.75, 3.05) is 23.0 Å². The number of anilines is 3. The summed E-state index contributed by atoms with van der Waals surface area (Å²) in [6, 6.07) is 9.82. The van der Waals surface area contributed by atoms with E-state index in [2.05, 4.69) is 10.3 Å². The summed E-state index contributed by atoms with van der Waals surface area (Å²) in [5, 5.41) is 12.6. The molecule has 0 saturated heterocycles. The molecule has 0 spiro atoms. The van der Waals surface area contributed by atoms with E-state index in [-0.39, 0.29) is 34.9 Å². The van der Waals surface area contributed by atoms with Crippen molar-refractivity contribution in [2.45, 2.75) is 19.4 Å². The van der Waals surface area contributed by atoms with Crippen LogP contribution in [0.2, 0.25) is 5.02 Å². The number of hydrogen-bond donors (Lipinski definition) is 2. The molecular weight excluding hydrogens is 464 g/mol. The third-order valence-electron chi connectivity index (χ3n) is 6.07. The summed E-state index contributed by atoms with van der Waals surface area (Å²) in [6.45, 7) is 0.781. The quantitative estimate of drug-likeness (QED) is 0.507. The van der Waals surface area contributed by atoms with E-state index in [1.54, 1.807) is 23.1 Å². The molecule has 1 amide bonds. The van der Waals surface area contributed by atoms with Crippen LogP contribution in [0.25, 0.3) is 0 Å². The normalized spacial score (nSPS) is 15.4. The van der Waals surface area contributed by atoms with Gasteiger partial charge in [0, 0.05) is 29.6 Å². The molecule has 5 rings (SSSR count). The number of rotatable bonds is 0. The van der Waals surface area contributed by atoms with Gasteiger partial charge >= 0.3 is 0 Å². The van der Waals surface area contributed by atoms with Gasteiger partial charge in [-0.2, -0.15) is 5.26 Å². The molecule has 0 radical (unpaired) electrons. The largest absolute Gasteiger partial charge is 0.324 e. The highest BCUT2D eigenvalue weighted by molar-refractivity contribution is 6.32. The van der Waals surface area contributed by atoms with Crippen molar-refractivity contribution < 1.29 is 13.6 Å². The van der Waals surface area contributed by atoms with E-state index in [1.165, 1.54) is 23.1 Å². The molecule has 0 unspecified atom stereocenters. The lowest BCUT2D eigenvalue weighted by atomic mass is 10.0. The van der Waals surface area contributed by atoms with E-state index >= 15 is 0 Å². The number of halogens is 3. The fourth-order valence-electron chi connectivity index (χ4n) is 4.42. The molecule has 0 fully saturated rings. The van der Waals surface area contributed by atoms with Crippen LogP contribution >= 0.6 is 11.6 Å². The number of nitrogens with one attached hydrogen (secondary N) is 2. The molecule has 2 aliphatic heterocycles. The van der Waals surface area contributed by atoms with Gasteiger partial charge in [0.1, 0.15) is 24.4 Å². The molecule has 2 aliphatic rings. The molecule has 2 N–H and O–H groups in total. The van der Waals surface area contributed by atoms with Crippen molar-refractivity contribution in [1.29, 1.82) is 5.26 Å². The summed E-state index contributed by atoms with van der Waals surface area (Å²) in [5.74, 6) is -1.88. The topological polar surface area (TPSA) is 92.2 Å². The predicted octanol–water partition coefficient (Wildman–Crippen LogP) is 3.97. The average Bonchev–Trinajstić information content (AvgIpc) is 2.82. The van der Waals surface area contributed by atoms with Crippen LogP contribution in [0.4, 0.5) is 25.8 Å². The van der Waals surface area contributed by atoms with Crippen LogP contribution in [-0.2, 0) is 13.0 Å².